The van der Waals surface area contributed by atoms with Crippen LogP contribution in [0, 0.1) is 18.3 Å². The van der Waals surface area contributed by atoms with Crippen LogP contribution in [0.5, 0.6) is 0 Å². The van der Waals surface area contributed by atoms with E-state index in [4.69, 9.17) is 0 Å². The monoisotopic (exact) mass is 244 g/mol. The van der Waals surface area contributed by atoms with Gasteiger partial charge in [-0.2, -0.15) is 5.26 Å². The first-order valence-corrected chi connectivity index (χ1v) is 6.48. The smallest absolute Gasteiger partial charge is 0.146 e. The van der Waals surface area contributed by atoms with E-state index < -0.39 is 0 Å². The lowest BCUT2D eigenvalue weighted by Gasteiger charge is -2.40. The Hall–Kier alpha value is -1.60. The number of aromatic nitrogens is 1. The van der Waals surface area contributed by atoms with Crippen molar-refractivity contribution in [3.05, 3.63) is 23.4 Å². The van der Waals surface area contributed by atoms with Crippen LogP contribution in [0.1, 0.15) is 24.5 Å². The Bertz CT molecular complexity index is 463. The molecule has 0 bridgehead atoms. The maximum absolute atomic E-state index is 9.28. The number of hydrogen-bond donors (Lipinski definition) is 0. The summed E-state index contributed by atoms with van der Waals surface area (Å²) in [4.78, 5) is 9.05. The number of aryl methyl sites for hydroxylation is 1. The van der Waals surface area contributed by atoms with Crippen molar-refractivity contribution in [3.8, 4) is 6.07 Å². The van der Waals surface area contributed by atoms with E-state index in [1.165, 1.54) is 0 Å². The molecule has 0 aromatic carbocycles. The fourth-order valence-corrected chi connectivity index (χ4v) is 2.50. The average Bonchev–Trinajstić information content (AvgIpc) is 2.39. The number of anilines is 1. The van der Waals surface area contributed by atoms with Gasteiger partial charge < -0.3 is 4.90 Å². The molecule has 1 fully saturated rings. The fourth-order valence-electron chi connectivity index (χ4n) is 2.50. The molecule has 18 heavy (non-hydrogen) atoms. The number of pyridine rings is 1. The summed E-state index contributed by atoms with van der Waals surface area (Å²) >= 11 is 0. The van der Waals surface area contributed by atoms with Crippen LogP contribution in [0.15, 0.2) is 12.3 Å². The van der Waals surface area contributed by atoms with E-state index in [1.54, 1.807) is 6.20 Å². The Kier molecular flexibility index (Phi) is 3.83. The van der Waals surface area contributed by atoms with Crippen molar-refractivity contribution in [2.24, 2.45) is 0 Å². The highest BCUT2D eigenvalue weighted by atomic mass is 15.3. The summed E-state index contributed by atoms with van der Waals surface area (Å²) in [5.41, 5.74) is 1.73. The van der Waals surface area contributed by atoms with Gasteiger partial charge in [-0.3, -0.25) is 4.90 Å². The average molecular weight is 244 g/mol. The quantitative estimate of drug-likeness (QED) is 0.795. The first-order valence-electron chi connectivity index (χ1n) is 6.48. The molecule has 1 unspecified atom stereocenters. The van der Waals surface area contributed by atoms with Gasteiger partial charge in [-0.1, -0.05) is 6.92 Å². The molecule has 0 amide bonds. The lowest BCUT2D eigenvalue weighted by Crippen LogP contribution is -2.51. The highest BCUT2D eigenvalue weighted by Gasteiger charge is 2.25. The van der Waals surface area contributed by atoms with Gasteiger partial charge >= 0.3 is 0 Å². The van der Waals surface area contributed by atoms with E-state index in [0.29, 0.717) is 6.04 Å². The molecule has 0 N–H and O–H groups in total. The van der Waals surface area contributed by atoms with Crippen LogP contribution in [0.25, 0.3) is 0 Å². The maximum atomic E-state index is 9.28. The van der Waals surface area contributed by atoms with Crippen molar-refractivity contribution < 1.29 is 0 Å². The first-order chi connectivity index (χ1) is 8.67. The highest BCUT2D eigenvalue weighted by Crippen LogP contribution is 2.23. The van der Waals surface area contributed by atoms with E-state index in [1.807, 2.05) is 13.0 Å². The molecule has 96 valence electrons. The minimum Gasteiger partial charge on any atom is -0.353 e. The summed E-state index contributed by atoms with van der Waals surface area (Å²) in [6.07, 6.45) is 2.92. The van der Waals surface area contributed by atoms with Crippen molar-refractivity contribution in [2.75, 3.05) is 31.6 Å². The third kappa shape index (κ3) is 2.32. The van der Waals surface area contributed by atoms with Gasteiger partial charge in [0.15, 0.2) is 0 Å². The zero-order valence-electron chi connectivity index (χ0n) is 11.3. The summed E-state index contributed by atoms with van der Waals surface area (Å²) in [5.74, 6) is 0.851. The van der Waals surface area contributed by atoms with Gasteiger partial charge in [0.2, 0.25) is 0 Å². The van der Waals surface area contributed by atoms with Crippen molar-refractivity contribution in [1.82, 2.24) is 9.88 Å². The standard InChI is InChI=1S/C14H20N4/c1-4-12-10-18(8-7-17(12)3)14-13(9-15)11(2)5-6-16-14/h5-6,12H,4,7-8,10H2,1-3H3. The molecule has 1 aliphatic rings. The Morgan fingerprint density at radius 1 is 1.50 bits per heavy atom. The molecular weight excluding hydrogens is 224 g/mol. The Morgan fingerprint density at radius 3 is 2.94 bits per heavy atom. The molecule has 1 atom stereocenters. The number of nitrogens with zero attached hydrogens (tertiary/aromatic N) is 4. The Labute approximate surface area is 109 Å². The van der Waals surface area contributed by atoms with Crippen LogP contribution in [0.4, 0.5) is 5.82 Å². The van der Waals surface area contributed by atoms with Crippen LogP contribution in [0.2, 0.25) is 0 Å². The van der Waals surface area contributed by atoms with E-state index in [0.717, 1.165) is 43.0 Å². The molecule has 1 aromatic heterocycles. The van der Waals surface area contributed by atoms with Crippen LogP contribution >= 0.6 is 0 Å². The number of hydrogen-bond acceptors (Lipinski definition) is 4. The van der Waals surface area contributed by atoms with E-state index >= 15 is 0 Å². The molecule has 2 rings (SSSR count). The topological polar surface area (TPSA) is 43.2 Å². The largest absolute Gasteiger partial charge is 0.353 e. The molecule has 1 saturated heterocycles. The van der Waals surface area contributed by atoms with E-state index in [9.17, 15) is 5.26 Å². The van der Waals surface area contributed by atoms with Crippen molar-refractivity contribution >= 4 is 5.82 Å². The van der Waals surface area contributed by atoms with Crippen LogP contribution in [-0.2, 0) is 0 Å². The predicted molar refractivity (Wildman–Crippen MR) is 72.6 cm³/mol. The predicted octanol–water partition coefficient (Wildman–Crippen LogP) is 1.79. The van der Waals surface area contributed by atoms with Gasteiger partial charge in [0, 0.05) is 31.9 Å². The van der Waals surface area contributed by atoms with Crippen molar-refractivity contribution in [2.45, 2.75) is 26.3 Å². The fraction of sp³-hybridized carbons (Fsp3) is 0.571. The van der Waals surface area contributed by atoms with Gasteiger partial charge in [0.25, 0.3) is 0 Å². The van der Waals surface area contributed by atoms with Crippen LogP contribution in [-0.4, -0.2) is 42.6 Å². The highest BCUT2D eigenvalue weighted by molar-refractivity contribution is 5.57. The lowest BCUT2D eigenvalue weighted by molar-refractivity contribution is 0.213. The van der Waals surface area contributed by atoms with E-state index in [-0.39, 0.29) is 0 Å². The summed E-state index contributed by atoms with van der Waals surface area (Å²) in [6.45, 7) is 7.10. The second-order valence-corrected chi connectivity index (χ2v) is 4.93. The Balaban J connectivity index is 2.28. The van der Waals surface area contributed by atoms with Crippen LogP contribution < -0.4 is 4.90 Å². The van der Waals surface area contributed by atoms with Gasteiger partial charge in [-0.05, 0) is 32.0 Å². The van der Waals surface area contributed by atoms with Gasteiger partial charge in [-0.25, -0.2) is 4.98 Å². The minimum absolute atomic E-state index is 0.549. The molecular formula is C14H20N4. The van der Waals surface area contributed by atoms with Crippen LogP contribution in [0.3, 0.4) is 0 Å². The zero-order chi connectivity index (χ0) is 13.1. The third-order valence-corrected chi connectivity index (χ3v) is 3.80. The molecule has 0 radical (unpaired) electrons. The van der Waals surface area contributed by atoms with E-state index in [2.05, 4.69) is 34.8 Å². The second kappa shape index (κ2) is 5.36. The summed E-state index contributed by atoms with van der Waals surface area (Å²) in [7, 11) is 2.17. The van der Waals surface area contributed by atoms with Crippen molar-refractivity contribution in [1.29, 1.82) is 5.26 Å². The number of piperazine rings is 1. The molecule has 0 spiro atoms. The molecule has 1 aliphatic heterocycles. The normalized spacial score (nSPS) is 20.8. The zero-order valence-corrected chi connectivity index (χ0v) is 11.3. The number of likely N-dealkylation sites (N-methyl/N-ethyl adjacent to an activating group) is 1. The first kappa shape index (κ1) is 12.8. The number of rotatable bonds is 2. The maximum Gasteiger partial charge on any atom is 0.146 e. The molecule has 2 heterocycles. The summed E-state index contributed by atoms with van der Waals surface area (Å²) in [6, 6.07) is 4.73. The molecule has 4 nitrogen and oxygen atoms in total. The van der Waals surface area contributed by atoms with Gasteiger partial charge in [-0.15, -0.1) is 0 Å². The number of nitriles is 1. The second-order valence-electron chi connectivity index (χ2n) is 4.93. The SMILES string of the molecule is CCC1CN(c2nccc(C)c2C#N)CCN1C. The lowest BCUT2D eigenvalue weighted by atomic mass is 10.1. The molecule has 0 aliphatic carbocycles. The van der Waals surface area contributed by atoms with Gasteiger partial charge in [0.05, 0.1) is 5.56 Å². The van der Waals surface area contributed by atoms with Crippen molar-refractivity contribution in [3.63, 3.8) is 0 Å². The third-order valence-electron chi connectivity index (χ3n) is 3.80. The van der Waals surface area contributed by atoms with Gasteiger partial charge in [0.1, 0.15) is 11.9 Å². The molecule has 0 saturated carbocycles. The summed E-state index contributed by atoms with van der Waals surface area (Å²) < 4.78 is 0. The molecule has 1 aromatic rings. The minimum atomic E-state index is 0.549. The molecule has 4 heteroatoms. The summed E-state index contributed by atoms with van der Waals surface area (Å²) in [5, 5.41) is 9.28. The Morgan fingerprint density at radius 2 is 2.28 bits per heavy atom.